The number of aliphatic hydroxyl groups excluding tert-OH is 1. The summed E-state index contributed by atoms with van der Waals surface area (Å²) in [6, 6.07) is 17.6. The zero-order chi connectivity index (χ0) is 26.9. The van der Waals surface area contributed by atoms with E-state index in [1.54, 1.807) is 30.3 Å². The first-order chi connectivity index (χ1) is 17.5. The number of aromatic hydroxyl groups is 1. The molecule has 0 bridgehead atoms. The van der Waals surface area contributed by atoms with E-state index in [9.17, 15) is 19.8 Å². The lowest BCUT2D eigenvalue weighted by molar-refractivity contribution is -0.140. The minimum atomic E-state index is -0.885. The minimum absolute atomic E-state index is 0.0398. The summed E-state index contributed by atoms with van der Waals surface area (Å²) in [5.74, 6) is -0.636. The first-order valence-corrected chi connectivity index (χ1v) is 12.5. The van der Waals surface area contributed by atoms with Crippen molar-refractivity contribution in [2.75, 3.05) is 7.11 Å². The van der Waals surface area contributed by atoms with Gasteiger partial charge in [-0.05, 0) is 78.7 Å². The Bertz CT molecular complexity index is 1370. The number of carbonyl (C=O) groups is 2. The van der Waals surface area contributed by atoms with Crippen molar-refractivity contribution >= 4 is 33.4 Å². The normalized spacial score (nSPS) is 17.2. The van der Waals surface area contributed by atoms with Crippen molar-refractivity contribution in [2.45, 2.75) is 39.0 Å². The molecule has 1 saturated heterocycles. The van der Waals surface area contributed by atoms with Gasteiger partial charge in [0.15, 0.2) is 0 Å². The SMILES string of the molecule is COc1ccc(/C(O)=C2/C(=O)C(=O)N(Cc3ccccc3OC(C)(C)C)C2c2ccc(O)cc2)cc1Br. The summed E-state index contributed by atoms with van der Waals surface area (Å²) in [7, 11) is 1.52. The summed E-state index contributed by atoms with van der Waals surface area (Å²) in [6.45, 7) is 5.86. The van der Waals surface area contributed by atoms with Crippen LogP contribution in [0.3, 0.4) is 0 Å². The molecule has 37 heavy (non-hydrogen) atoms. The molecule has 0 radical (unpaired) electrons. The number of carbonyl (C=O) groups excluding carboxylic acids is 2. The maximum Gasteiger partial charge on any atom is 0.295 e. The van der Waals surface area contributed by atoms with Gasteiger partial charge in [-0.2, -0.15) is 0 Å². The number of ether oxygens (including phenoxy) is 2. The number of hydrogen-bond acceptors (Lipinski definition) is 6. The molecule has 0 saturated carbocycles. The van der Waals surface area contributed by atoms with Gasteiger partial charge < -0.3 is 24.6 Å². The molecule has 4 rings (SSSR count). The van der Waals surface area contributed by atoms with Crippen LogP contribution in [0.1, 0.15) is 43.5 Å². The molecule has 0 aliphatic carbocycles. The third-order valence-electron chi connectivity index (χ3n) is 5.90. The molecule has 1 atom stereocenters. The van der Waals surface area contributed by atoms with E-state index in [0.29, 0.717) is 27.1 Å². The van der Waals surface area contributed by atoms with E-state index < -0.39 is 23.3 Å². The number of amides is 1. The Morgan fingerprint density at radius 2 is 1.68 bits per heavy atom. The van der Waals surface area contributed by atoms with Crippen LogP contribution in [0.4, 0.5) is 0 Å². The van der Waals surface area contributed by atoms with Gasteiger partial charge in [-0.1, -0.05) is 30.3 Å². The Morgan fingerprint density at radius 1 is 1.00 bits per heavy atom. The number of rotatable bonds is 6. The van der Waals surface area contributed by atoms with Crippen LogP contribution >= 0.6 is 15.9 Å². The number of benzene rings is 3. The average molecular weight is 566 g/mol. The highest BCUT2D eigenvalue weighted by Gasteiger charge is 2.46. The molecule has 3 aromatic carbocycles. The summed E-state index contributed by atoms with van der Waals surface area (Å²) in [5, 5.41) is 21.2. The molecule has 0 aromatic heterocycles. The number of phenolic OH excluding ortho intramolecular Hbond substituents is 1. The lowest BCUT2D eigenvalue weighted by atomic mass is 9.95. The number of ketones is 1. The largest absolute Gasteiger partial charge is 0.508 e. The fraction of sp³-hybridized carbons (Fsp3) is 0.241. The van der Waals surface area contributed by atoms with Gasteiger partial charge in [-0.3, -0.25) is 9.59 Å². The van der Waals surface area contributed by atoms with Crippen molar-refractivity contribution in [3.05, 3.63) is 93.5 Å². The fourth-order valence-corrected chi connectivity index (χ4v) is 4.80. The Balaban J connectivity index is 1.85. The molecule has 1 amide bonds. The Morgan fingerprint density at radius 3 is 2.30 bits per heavy atom. The lowest BCUT2D eigenvalue weighted by Gasteiger charge is -2.28. The summed E-state index contributed by atoms with van der Waals surface area (Å²) in [6.07, 6.45) is 0. The number of nitrogens with zero attached hydrogens (tertiary/aromatic N) is 1. The molecule has 3 aromatic rings. The highest BCUT2D eigenvalue weighted by molar-refractivity contribution is 9.10. The van der Waals surface area contributed by atoms with Crippen molar-refractivity contribution < 1.29 is 29.3 Å². The molecule has 2 N–H and O–H groups in total. The molecule has 1 unspecified atom stereocenters. The number of phenols is 1. The van der Waals surface area contributed by atoms with E-state index in [2.05, 4.69) is 15.9 Å². The topological polar surface area (TPSA) is 96.3 Å². The second-order valence-electron chi connectivity index (χ2n) is 9.69. The van der Waals surface area contributed by atoms with Gasteiger partial charge in [0, 0.05) is 11.1 Å². The van der Waals surface area contributed by atoms with E-state index in [4.69, 9.17) is 9.47 Å². The number of likely N-dealkylation sites (tertiary alicyclic amines) is 1. The lowest BCUT2D eigenvalue weighted by Crippen LogP contribution is -2.30. The Labute approximate surface area is 224 Å². The van der Waals surface area contributed by atoms with Crippen LogP contribution in [0, 0.1) is 0 Å². The average Bonchev–Trinajstić information content (AvgIpc) is 3.09. The first-order valence-electron chi connectivity index (χ1n) is 11.7. The van der Waals surface area contributed by atoms with E-state index in [0.717, 1.165) is 5.56 Å². The summed E-state index contributed by atoms with van der Waals surface area (Å²) < 4.78 is 12.0. The molecule has 8 heteroatoms. The van der Waals surface area contributed by atoms with E-state index >= 15 is 0 Å². The zero-order valence-electron chi connectivity index (χ0n) is 21.0. The Kier molecular flexibility index (Phi) is 7.32. The standard InChI is InChI=1S/C29H28BrNO6/c1-29(2,3)37-22-8-6-5-7-19(22)16-31-25(17-9-12-20(32)13-10-17)24(27(34)28(31)35)26(33)18-11-14-23(36-4)21(30)15-18/h5-15,25,32-33H,16H2,1-4H3/b26-24-. The fourth-order valence-electron chi connectivity index (χ4n) is 4.26. The summed E-state index contributed by atoms with van der Waals surface area (Å²) in [4.78, 5) is 28.2. The third kappa shape index (κ3) is 5.49. The molecule has 1 heterocycles. The van der Waals surface area contributed by atoms with Gasteiger partial charge in [0.25, 0.3) is 11.7 Å². The van der Waals surface area contributed by atoms with E-state index in [-0.39, 0.29) is 23.6 Å². The second kappa shape index (κ2) is 10.3. The van der Waals surface area contributed by atoms with Crippen molar-refractivity contribution in [1.29, 1.82) is 0 Å². The molecule has 1 fully saturated rings. The number of halogens is 1. The minimum Gasteiger partial charge on any atom is -0.508 e. The van der Waals surface area contributed by atoms with Crippen molar-refractivity contribution in [3.63, 3.8) is 0 Å². The van der Waals surface area contributed by atoms with Gasteiger partial charge in [0.05, 0.1) is 29.7 Å². The van der Waals surface area contributed by atoms with Crippen molar-refractivity contribution in [1.82, 2.24) is 4.90 Å². The van der Waals surface area contributed by atoms with Crippen LogP contribution in [-0.4, -0.2) is 39.5 Å². The molecule has 7 nitrogen and oxygen atoms in total. The third-order valence-corrected chi connectivity index (χ3v) is 6.52. The van der Waals surface area contributed by atoms with Crippen molar-refractivity contribution in [3.8, 4) is 17.2 Å². The smallest absolute Gasteiger partial charge is 0.295 e. The van der Waals surface area contributed by atoms with Gasteiger partial charge in [0.2, 0.25) is 0 Å². The first kappa shape index (κ1) is 26.3. The van der Waals surface area contributed by atoms with Crippen LogP contribution < -0.4 is 9.47 Å². The quantitative estimate of drug-likeness (QED) is 0.217. The predicted octanol–water partition coefficient (Wildman–Crippen LogP) is 5.96. The van der Waals surface area contributed by atoms with Crippen LogP contribution in [0.25, 0.3) is 5.76 Å². The maximum atomic E-state index is 13.4. The highest BCUT2D eigenvalue weighted by Crippen LogP contribution is 2.42. The summed E-state index contributed by atoms with van der Waals surface area (Å²) >= 11 is 3.40. The van der Waals surface area contributed by atoms with Crippen LogP contribution in [0.5, 0.6) is 17.2 Å². The number of hydrogen-bond donors (Lipinski definition) is 2. The highest BCUT2D eigenvalue weighted by atomic mass is 79.9. The van der Waals surface area contributed by atoms with E-state index in [1.807, 2.05) is 45.0 Å². The molecule has 0 spiro atoms. The number of methoxy groups -OCH3 is 1. The Hall–Kier alpha value is -3.78. The van der Waals surface area contributed by atoms with Gasteiger partial charge in [-0.25, -0.2) is 0 Å². The number of para-hydroxylation sites is 1. The molecular formula is C29H28BrNO6. The zero-order valence-corrected chi connectivity index (χ0v) is 22.6. The molecule has 1 aliphatic heterocycles. The second-order valence-corrected chi connectivity index (χ2v) is 10.5. The van der Waals surface area contributed by atoms with Crippen LogP contribution in [-0.2, 0) is 16.1 Å². The van der Waals surface area contributed by atoms with Gasteiger partial charge in [0.1, 0.15) is 28.6 Å². The van der Waals surface area contributed by atoms with Crippen LogP contribution in [0.15, 0.2) is 76.8 Å². The predicted molar refractivity (Wildman–Crippen MR) is 143 cm³/mol. The monoisotopic (exact) mass is 565 g/mol. The number of aliphatic hydroxyl groups is 1. The number of Topliss-reactive ketones (excluding diaryl/α,β-unsaturated/α-hetero) is 1. The van der Waals surface area contributed by atoms with Gasteiger partial charge >= 0.3 is 0 Å². The van der Waals surface area contributed by atoms with E-state index in [1.165, 1.54) is 24.1 Å². The van der Waals surface area contributed by atoms with Crippen molar-refractivity contribution in [2.24, 2.45) is 0 Å². The van der Waals surface area contributed by atoms with Gasteiger partial charge in [-0.15, -0.1) is 0 Å². The maximum absolute atomic E-state index is 13.4. The molecule has 192 valence electrons. The molecule has 1 aliphatic rings. The molecular weight excluding hydrogens is 538 g/mol. The van der Waals surface area contributed by atoms with Crippen LogP contribution in [0.2, 0.25) is 0 Å². The summed E-state index contributed by atoms with van der Waals surface area (Å²) in [5.41, 5.74) is 1.13.